The van der Waals surface area contributed by atoms with E-state index in [2.05, 4.69) is 44.2 Å². The average molecular weight is 766 g/mol. The van der Waals surface area contributed by atoms with Gasteiger partial charge in [0, 0.05) is 19.4 Å². The minimum atomic E-state index is -4.38. The molecule has 0 saturated carbocycles. The highest BCUT2D eigenvalue weighted by molar-refractivity contribution is 7.47. The number of rotatable bonds is 38. The van der Waals surface area contributed by atoms with Crippen molar-refractivity contribution >= 4 is 19.8 Å². The SMILES string of the molecule is CC/C=C/C=C/C=C/C=C/CCCCCCCC(=O)O[C@H](COC(=O)CCCCCCCCC/C=C/CCCCCCCC)COP(=O)(O)OCCN. The Balaban J connectivity index is 4.22. The second-order valence-electron chi connectivity index (χ2n) is 13.6. The van der Waals surface area contributed by atoms with Crippen LogP contribution < -0.4 is 5.73 Å². The Hall–Kier alpha value is -2.29. The number of ether oxygens (including phenoxy) is 2. The summed E-state index contributed by atoms with van der Waals surface area (Å²) in [6.45, 7) is 3.54. The van der Waals surface area contributed by atoms with Crippen LogP contribution in [0.15, 0.2) is 60.8 Å². The molecule has 0 amide bonds. The molecule has 0 fully saturated rings. The number of hydrogen-bond donors (Lipinski definition) is 2. The molecule has 0 bridgehead atoms. The van der Waals surface area contributed by atoms with Gasteiger partial charge in [-0.3, -0.25) is 18.6 Å². The molecular formula is C43H76NO8P. The molecule has 9 nitrogen and oxygen atoms in total. The van der Waals surface area contributed by atoms with Gasteiger partial charge in [0.15, 0.2) is 6.10 Å². The van der Waals surface area contributed by atoms with Crippen LogP contribution in [0.5, 0.6) is 0 Å². The Morgan fingerprint density at radius 2 is 1.06 bits per heavy atom. The minimum absolute atomic E-state index is 0.0459. The highest BCUT2D eigenvalue weighted by Gasteiger charge is 2.26. The van der Waals surface area contributed by atoms with Crippen molar-refractivity contribution < 1.29 is 37.6 Å². The fraction of sp³-hybridized carbons (Fsp3) is 0.721. The van der Waals surface area contributed by atoms with Crippen molar-refractivity contribution in [2.45, 2.75) is 174 Å². The van der Waals surface area contributed by atoms with E-state index in [1.54, 1.807) is 0 Å². The van der Waals surface area contributed by atoms with Gasteiger partial charge in [0.2, 0.25) is 0 Å². The monoisotopic (exact) mass is 766 g/mol. The number of hydrogen-bond acceptors (Lipinski definition) is 8. The maximum Gasteiger partial charge on any atom is 0.472 e. The zero-order chi connectivity index (χ0) is 38.9. The second kappa shape index (κ2) is 39.4. The van der Waals surface area contributed by atoms with Crippen molar-refractivity contribution in [1.82, 2.24) is 0 Å². The standard InChI is InChI=1S/C43H76NO8P/c1-3-5-7-9-11-13-15-17-19-20-22-23-25-27-29-31-33-35-42(45)49-39-41(40-51-53(47,48)50-38-37-44)52-43(46)36-34-32-30-28-26-24-21-18-16-14-12-10-8-6-4-2/h6,8,10,12,14,16-19,21,41H,3-5,7,9,11,13,15,20,22-40,44H2,1-2H3,(H,47,48)/b8-6+,12-10+,16-14+,19-17+,21-18+/t41-/m1/s1. The van der Waals surface area contributed by atoms with Gasteiger partial charge in [-0.25, -0.2) is 4.57 Å². The van der Waals surface area contributed by atoms with Gasteiger partial charge in [0.25, 0.3) is 0 Å². The molecule has 0 aliphatic rings. The average Bonchev–Trinajstić information content (AvgIpc) is 3.14. The lowest BCUT2D eigenvalue weighted by Crippen LogP contribution is -2.29. The largest absolute Gasteiger partial charge is 0.472 e. The molecule has 2 atom stereocenters. The number of carbonyl (C=O) groups is 2. The molecule has 0 spiro atoms. The van der Waals surface area contributed by atoms with Crippen molar-refractivity contribution in [3.63, 3.8) is 0 Å². The van der Waals surface area contributed by atoms with Crippen molar-refractivity contribution in [3.8, 4) is 0 Å². The molecule has 0 aromatic heterocycles. The smallest absolute Gasteiger partial charge is 0.462 e. The van der Waals surface area contributed by atoms with Crippen LogP contribution in [0.4, 0.5) is 0 Å². The fourth-order valence-electron chi connectivity index (χ4n) is 5.40. The molecule has 0 aromatic carbocycles. The third kappa shape index (κ3) is 39.2. The Labute approximate surface area is 323 Å². The van der Waals surface area contributed by atoms with Gasteiger partial charge < -0.3 is 20.1 Å². The molecule has 306 valence electrons. The minimum Gasteiger partial charge on any atom is -0.462 e. The predicted octanol–water partition coefficient (Wildman–Crippen LogP) is 11.7. The van der Waals surface area contributed by atoms with E-state index in [-0.39, 0.29) is 32.6 Å². The normalized spacial score (nSPS) is 14.0. The highest BCUT2D eigenvalue weighted by Crippen LogP contribution is 2.43. The van der Waals surface area contributed by atoms with Crippen molar-refractivity contribution in [2.75, 3.05) is 26.4 Å². The molecule has 53 heavy (non-hydrogen) atoms. The Bertz CT molecular complexity index is 1050. The fourth-order valence-corrected chi connectivity index (χ4v) is 6.17. The van der Waals surface area contributed by atoms with Crippen molar-refractivity contribution in [2.24, 2.45) is 5.73 Å². The molecule has 0 aliphatic carbocycles. The van der Waals surface area contributed by atoms with Crippen LogP contribution in [0.2, 0.25) is 0 Å². The molecule has 0 aromatic rings. The van der Waals surface area contributed by atoms with E-state index < -0.39 is 32.5 Å². The molecular weight excluding hydrogens is 689 g/mol. The van der Waals surface area contributed by atoms with Crippen LogP contribution in [0, 0.1) is 0 Å². The first-order valence-corrected chi connectivity index (χ1v) is 22.3. The third-order valence-corrected chi connectivity index (χ3v) is 9.47. The number of phosphoric ester groups is 1. The lowest BCUT2D eigenvalue weighted by atomic mass is 10.1. The first-order valence-electron chi connectivity index (χ1n) is 20.8. The number of unbranched alkanes of at least 4 members (excludes halogenated alkanes) is 18. The quantitative estimate of drug-likeness (QED) is 0.0207. The van der Waals surface area contributed by atoms with Gasteiger partial charge >= 0.3 is 19.8 Å². The molecule has 0 rings (SSSR count). The van der Waals surface area contributed by atoms with E-state index in [1.807, 2.05) is 30.4 Å². The van der Waals surface area contributed by atoms with E-state index in [0.717, 1.165) is 70.6 Å². The van der Waals surface area contributed by atoms with Crippen LogP contribution in [0.3, 0.4) is 0 Å². The zero-order valence-corrected chi connectivity index (χ0v) is 34.4. The summed E-state index contributed by atoms with van der Waals surface area (Å²) in [5.41, 5.74) is 5.34. The zero-order valence-electron chi connectivity index (χ0n) is 33.5. The van der Waals surface area contributed by atoms with Gasteiger partial charge in [0.05, 0.1) is 13.2 Å². The Morgan fingerprint density at radius 3 is 1.60 bits per heavy atom. The molecule has 0 aliphatic heterocycles. The highest BCUT2D eigenvalue weighted by atomic mass is 31.2. The maximum absolute atomic E-state index is 12.5. The maximum atomic E-state index is 12.5. The summed E-state index contributed by atoms with van der Waals surface area (Å²) < 4.78 is 32.7. The van der Waals surface area contributed by atoms with Crippen LogP contribution in [0.1, 0.15) is 168 Å². The Kier molecular flexibility index (Phi) is 37.7. The Morgan fingerprint density at radius 1 is 0.585 bits per heavy atom. The predicted molar refractivity (Wildman–Crippen MR) is 219 cm³/mol. The number of esters is 2. The molecule has 3 N–H and O–H groups in total. The van der Waals surface area contributed by atoms with Crippen molar-refractivity contribution in [1.29, 1.82) is 0 Å². The first-order chi connectivity index (χ1) is 25.8. The van der Waals surface area contributed by atoms with Gasteiger partial charge in [0.1, 0.15) is 6.61 Å². The summed E-state index contributed by atoms with van der Waals surface area (Å²) in [6.07, 6.45) is 45.3. The van der Waals surface area contributed by atoms with Gasteiger partial charge in [-0.15, -0.1) is 0 Å². The van der Waals surface area contributed by atoms with E-state index in [0.29, 0.717) is 6.42 Å². The van der Waals surface area contributed by atoms with Crippen molar-refractivity contribution in [3.05, 3.63) is 60.8 Å². The number of carbonyl (C=O) groups excluding carboxylic acids is 2. The third-order valence-electron chi connectivity index (χ3n) is 8.48. The topological polar surface area (TPSA) is 134 Å². The van der Waals surface area contributed by atoms with E-state index in [9.17, 15) is 19.0 Å². The second-order valence-corrected chi connectivity index (χ2v) is 15.0. The van der Waals surface area contributed by atoms with Gasteiger partial charge in [-0.1, -0.05) is 158 Å². The first kappa shape index (κ1) is 50.7. The van der Waals surface area contributed by atoms with Gasteiger partial charge in [-0.2, -0.15) is 0 Å². The van der Waals surface area contributed by atoms with E-state index in [4.69, 9.17) is 24.3 Å². The lowest BCUT2D eigenvalue weighted by molar-refractivity contribution is -0.161. The van der Waals surface area contributed by atoms with E-state index in [1.165, 1.54) is 64.2 Å². The summed E-state index contributed by atoms with van der Waals surface area (Å²) >= 11 is 0. The van der Waals surface area contributed by atoms with Crippen LogP contribution in [-0.4, -0.2) is 49.3 Å². The summed E-state index contributed by atoms with van der Waals surface area (Å²) in [5.74, 6) is -0.865. The molecule has 1 unspecified atom stereocenters. The summed E-state index contributed by atoms with van der Waals surface area (Å²) in [7, 11) is -4.38. The van der Waals surface area contributed by atoms with Crippen LogP contribution >= 0.6 is 7.82 Å². The number of allylic oxidation sites excluding steroid dienone is 10. The summed E-state index contributed by atoms with van der Waals surface area (Å²) in [5, 5.41) is 0. The molecule has 0 radical (unpaired) electrons. The number of nitrogens with two attached hydrogens (primary N) is 1. The summed E-state index contributed by atoms with van der Waals surface area (Å²) in [6, 6.07) is 0. The van der Waals surface area contributed by atoms with Crippen LogP contribution in [-0.2, 0) is 32.7 Å². The van der Waals surface area contributed by atoms with Gasteiger partial charge in [-0.05, 0) is 57.8 Å². The molecule has 0 heterocycles. The van der Waals surface area contributed by atoms with E-state index >= 15 is 0 Å². The molecule has 0 saturated heterocycles. The molecule has 10 heteroatoms. The number of phosphoric acid groups is 1. The van der Waals surface area contributed by atoms with Crippen LogP contribution in [0.25, 0.3) is 0 Å². The summed E-state index contributed by atoms with van der Waals surface area (Å²) in [4.78, 5) is 34.8. The lowest BCUT2D eigenvalue weighted by Gasteiger charge is -2.19.